The fourth-order valence-electron chi connectivity index (χ4n) is 2.28. The number of benzene rings is 1. The smallest absolute Gasteiger partial charge is 0.208 e. The van der Waals surface area contributed by atoms with Crippen LogP contribution < -0.4 is 21.8 Å². The Balaban J connectivity index is 1.98. The Morgan fingerprint density at radius 3 is 2.70 bits per heavy atom. The summed E-state index contributed by atoms with van der Waals surface area (Å²) in [6.07, 6.45) is 0.606. The summed E-state index contributed by atoms with van der Waals surface area (Å²) in [6, 6.07) is 5.46. The van der Waals surface area contributed by atoms with E-state index in [1.165, 1.54) is 0 Å². The van der Waals surface area contributed by atoms with Crippen LogP contribution in [0, 0.1) is 6.92 Å². The summed E-state index contributed by atoms with van der Waals surface area (Å²) in [7, 11) is 1.82. The van der Waals surface area contributed by atoms with Crippen LogP contribution in [-0.2, 0) is 6.42 Å². The Morgan fingerprint density at radius 1 is 1.22 bits per heavy atom. The van der Waals surface area contributed by atoms with Gasteiger partial charge in [-0.05, 0) is 24.6 Å². The Labute approximate surface area is 143 Å². The summed E-state index contributed by atoms with van der Waals surface area (Å²) in [4.78, 5) is 9.03. The molecule has 1 aromatic carbocycles. The van der Waals surface area contributed by atoms with Crippen LogP contribution >= 0.6 is 23.2 Å². The number of amidine groups is 1. The topological polar surface area (TPSA) is 86.3 Å². The van der Waals surface area contributed by atoms with E-state index in [1.807, 2.05) is 26.1 Å². The van der Waals surface area contributed by atoms with Crippen molar-refractivity contribution < 1.29 is 0 Å². The van der Waals surface area contributed by atoms with Crippen molar-refractivity contribution >= 4 is 34.9 Å². The Bertz CT molecular complexity index is 776. The van der Waals surface area contributed by atoms with E-state index in [9.17, 15) is 0 Å². The second-order valence-electron chi connectivity index (χ2n) is 4.94. The quantitative estimate of drug-likeness (QED) is 0.674. The summed E-state index contributed by atoms with van der Waals surface area (Å²) in [6.45, 7) is 1.93. The molecule has 0 radical (unpaired) electrons. The molecular weight excluding hydrogens is 337 g/mol. The minimum atomic E-state index is 0.496. The van der Waals surface area contributed by atoms with Gasteiger partial charge in [0.1, 0.15) is 5.82 Å². The molecule has 9 heteroatoms. The van der Waals surface area contributed by atoms with Crippen molar-refractivity contribution in [1.82, 2.24) is 26.5 Å². The number of nitrogens with zero attached hydrogens (tertiary/aromatic N) is 3. The molecule has 1 aromatic heterocycles. The molecule has 0 spiro atoms. The molecule has 0 amide bonds. The highest BCUT2D eigenvalue weighted by molar-refractivity contribution is 6.35. The molecule has 120 valence electrons. The average Bonchev–Trinajstić information content (AvgIpc) is 3.05. The minimum Gasteiger partial charge on any atom is -0.373 e. The summed E-state index contributed by atoms with van der Waals surface area (Å²) < 4.78 is 0. The third-order valence-electron chi connectivity index (χ3n) is 3.45. The van der Waals surface area contributed by atoms with Crippen molar-refractivity contribution in [2.75, 3.05) is 12.4 Å². The van der Waals surface area contributed by atoms with Crippen molar-refractivity contribution in [2.45, 2.75) is 13.3 Å². The van der Waals surface area contributed by atoms with Gasteiger partial charge in [-0.1, -0.05) is 29.3 Å². The van der Waals surface area contributed by atoms with Crippen molar-refractivity contribution in [3.63, 3.8) is 0 Å². The maximum atomic E-state index is 6.27. The van der Waals surface area contributed by atoms with Gasteiger partial charge in [0.15, 0.2) is 0 Å². The van der Waals surface area contributed by atoms with Gasteiger partial charge in [0.2, 0.25) is 11.7 Å². The van der Waals surface area contributed by atoms with Crippen LogP contribution in [0.15, 0.2) is 23.3 Å². The number of hydrogen-bond acceptors (Lipinski definition) is 7. The molecule has 3 rings (SSSR count). The molecule has 2 aromatic rings. The van der Waals surface area contributed by atoms with E-state index < -0.39 is 0 Å². The summed E-state index contributed by atoms with van der Waals surface area (Å²) in [5, 5.41) is 8.36. The largest absolute Gasteiger partial charge is 0.373 e. The van der Waals surface area contributed by atoms with Gasteiger partial charge in [-0.2, -0.15) is 0 Å². The molecule has 7 nitrogen and oxygen atoms in total. The molecule has 0 fully saturated rings. The van der Waals surface area contributed by atoms with Crippen LogP contribution in [0.4, 0.5) is 5.82 Å². The van der Waals surface area contributed by atoms with Crippen LogP contribution in [0.1, 0.15) is 22.6 Å². The highest BCUT2D eigenvalue weighted by Crippen LogP contribution is 2.26. The molecule has 0 saturated heterocycles. The summed E-state index contributed by atoms with van der Waals surface area (Å²) in [5.41, 5.74) is 10.9. The van der Waals surface area contributed by atoms with E-state index in [2.05, 4.69) is 36.9 Å². The number of hydrogen-bond donors (Lipinski definition) is 4. The minimum absolute atomic E-state index is 0.496. The first-order valence-corrected chi connectivity index (χ1v) is 7.67. The van der Waals surface area contributed by atoms with Crippen LogP contribution in [0.5, 0.6) is 0 Å². The summed E-state index contributed by atoms with van der Waals surface area (Å²) in [5.74, 6) is 1.76. The maximum absolute atomic E-state index is 6.27. The van der Waals surface area contributed by atoms with Crippen LogP contribution in [0.3, 0.4) is 0 Å². The zero-order chi connectivity index (χ0) is 16.4. The van der Waals surface area contributed by atoms with Crippen LogP contribution in [0.25, 0.3) is 0 Å². The highest BCUT2D eigenvalue weighted by Gasteiger charge is 2.17. The monoisotopic (exact) mass is 351 g/mol. The fraction of sp³-hybridized carbons (Fsp3) is 0.214. The molecule has 0 aliphatic carbocycles. The number of aromatic nitrogens is 2. The first-order chi connectivity index (χ1) is 11.1. The van der Waals surface area contributed by atoms with Gasteiger partial charge in [-0.3, -0.25) is 5.43 Å². The summed E-state index contributed by atoms with van der Waals surface area (Å²) >= 11 is 12.2. The van der Waals surface area contributed by atoms with Gasteiger partial charge in [0.05, 0.1) is 0 Å². The molecule has 1 aliphatic rings. The number of anilines is 1. The number of halogens is 2. The number of rotatable bonds is 4. The molecule has 23 heavy (non-hydrogen) atoms. The second kappa shape index (κ2) is 6.57. The lowest BCUT2D eigenvalue weighted by atomic mass is 10.0. The van der Waals surface area contributed by atoms with E-state index in [0.29, 0.717) is 28.1 Å². The first-order valence-electron chi connectivity index (χ1n) is 6.91. The fourth-order valence-corrected chi connectivity index (χ4v) is 2.76. The third kappa shape index (κ3) is 3.31. The van der Waals surface area contributed by atoms with Gasteiger partial charge >= 0.3 is 0 Å². The molecule has 0 saturated carbocycles. The predicted molar refractivity (Wildman–Crippen MR) is 91.5 cm³/mol. The number of hydrazine groups is 2. The van der Waals surface area contributed by atoms with Gasteiger partial charge in [0.25, 0.3) is 0 Å². The lowest BCUT2D eigenvalue weighted by molar-refractivity contribution is 0.577. The number of nitrogens with one attached hydrogen (secondary N) is 4. The van der Waals surface area contributed by atoms with Gasteiger partial charge in [-0.15, -0.1) is 10.6 Å². The van der Waals surface area contributed by atoms with E-state index in [4.69, 9.17) is 23.2 Å². The maximum Gasteiger partial charge on any atom is 0.208 e. The standard InChI is InChI=1S/C14H15Cl2N7/c1-7-10(5-8-3-4-9(15)6-11(8)16)12(17-2)19-13(18-7)14-20-22-23-21-14/h3-4,6,22-23H,5H2,1-2H3,(H,20,21)(H,17,18,19). The van der Waals surface area contributed by atoms with Crippen LogP contribution in [0.2, 0.25) is 10.0 Å². The Kier molecular flexibility index (Phi) is 4.51. The van der Waals surface area contributed by atoms with E-state index in [1.54, 1.807) is 6.07 Å². The van der Waals surface area contributed by atoms with Crippen molar-refractivity contribution in [1.29, 1.82) is 0 Å². The van der Waals surface area contributed by atoms with Gasteiger partial charge in [-0.25, -0.2) is 15.5 Å². The van der Waals surface area contributed by atoms with E-state index >= 15 is 0 Å². The lowest BCUT2D eigenvalue weighted by Crippen LogP contribution is -2.36. The zero-order valence-electron chi connectivity index (χ0n) is 12.5. The lowest BCUT2D eigenvalue weighted by Gasteiger charge is -2.13. The predicted octanol–water partition coefficient (Wildman–Crippen LogP) is 2.00. The SMILES string of the molecule is CNc1nc(C2=NNNN2)nc(C)c1Cc1ccc(Cl)cc1Cl. The third-order valence-corrected chi connectivity index (χ3v) is 4.04. The van der Waals surface area contributed by atoms with Crippen LogP contribution in [-0.4, -0.2) is 22.9 Å². The van der Waals surface area contributed by atoms with Crippen molar-refractivity contribution in [3.8, 4) is 0 Å². The van der Waals surface area contributed by atoms with E-state index in [-0.39, 0.29) is 0 Å². The molecule has 4 N–H and O–H groups in total. The molecular formula is C14H15Cl2N7. The molecule has 0 unspecified atom stereocenters. The number of hydrazone groups is 1. The number of aryl methyl sites for hydroxylation is 1. The Hall–Kier alpha value is -2.09. The molecule has 0 atom stereocenters. The van der Waals surface area contributed by atoms with E-state index in [0.717, 1.165) is 22.6 Å². The highest BCUT2D eigenvalue weighted by atomic mass is 35.5. The Morgan fingerprint density at radius 2 is 2.04 bits per heavy atom. The molecule has 1 aliphatic heterocycles. The molecule has 0 bridgehead atoms. The van der Waals surface area contributed by atoms with Gasteiger partial charge in [0, 0.05) is 34.8 Å². The zero-order valence-corrected chi connectivity index (χ0v) is 14.0. The molecule has 2 heterocycles. The first kappa shape index (κ1) is 15.8. The van der Waals surface area contributed by atoms with Gasteiger partial charge < -0.3 is 5.32 Å². The van der Waals surface area contributed by atoms with Crippen molar-refractivity contribution in [2.24, 2.45) is 5.10 Å². The van der Waals surface area contributed by atoms with Crippen molar-refractivity contribution in [3.05, 3.63) is 50.9 Å². The average molecular weight is 352 g/mol. The second-order valence-corrected chi connectivity index (χ2v) is 5.79. The normalized spacial score (nSPS) is 13.3.